The van der Waals surface area contributed by atoms with Crippen molar-refractivity contribution in [3.05, 3.63) is 65.9 Å². The van der Waals surface area contributed by atoms with Crippen LogP contribution < -0.4 is 14.8 Å². The first-order chi connectivity index (χ1) is 12.6. The summed E-state index contributed by atoms with van der Waals surface area (Å²) >= 11 is 0. The average molecular weight is 355 g/mol. The minimum atomic E-state index is -0.134. The van der Waals surface area contributed by atoms with Crippen LogP contribution in [0.15, 0.2) is 60.4 Å². The van der Waals surface area contributed by atoms with Crippen molar-refractivity contribution < 1.29 is 14.3 Å². The van der Waals surface area contributed by atoms with E-state index < -0.39 is 0 Å². The van der Waals surface area contributed by atoms with Crippen molar-refractivity contribution in [3.8, 4) is 11.5 Å². The lowest BCUT2D eigenvalue weighted by Crippen LogP contribution is -2.09. The number of para-hydroxylation sites is 2. The van der Waals surface area contributed by atoms with Crippen LogP contribution in [0.3, 0.4) is 0 Å². The zero-order valence-electron chi connectivity index (χ0n) is 16.1. The van der Waals surface area contributed by atoms with E-state index in [2.05, 4.69) is 19.2 Å². The molecule has 0 radical (unpaired) electrons. The second-order valence-electron chi connectivity index (χ2n) is 5.41. The van der Waals surface area contributed by atoms with E-state index in [4.69, 9.17) is 9.47 Å². The molecule has 0 atom stereocenters. The molecule has 0 aliphatic carbocycles. The third-order valence-corrected chi connectivity index (χ3v) is 3.31. The van der Waals surface area contributed by atoms with Gasteiger partial charge in [-0.2, -0.15) is 0 Å². The Morgan fingerprint density at radius 2 is 1.50 bits per heavy atom. The number of hydrogen-bond donors (Lipinski definition) is 1. The van der Waals surface area contributed by atoms with Gasteiger partial charge < -0.3 is 14.8 Å². The highest BCUT2D eigenvalue weighted by Crippen LogP contribution is 2.28. The molecule has 4 heteroatoms. The van der Waals surface area contributed by atoms with Crippen LogP contribution in [0, 0.1) is 0 Å². The highest BCUT2D eigenvalue weighted by molar-refractivity contribution is 5.96. The Labute approximate surface area is 156 Å². The van der Waals surface area contributed by atoms with Crippen LogP contribution in [-0.2, 0) is 4.79 Å². The Balaban J connectivity index is 0.000000597. The maximum atomic E-state index is 11.8. The van der Waals surface area contributed by atoms with E-state index in [-0.39, 0.29) is 11.5 Å². The number of Topliss-reactive ketones (excluding diaryl/α,β-unsaturated/α-hetero) is 1. The third-order valence-electron chi connectivity index (χ3n) is 3.31. The molecule has 0 saturated carbocycles. The SMILES string of the molecule is CCNCC.CCOc1ccccc1OC(=Cc1ccccc1)C(C)=O. The van der Waals surface area contributed by atoms with Crippen LogP contribution in [0.4, 0.5) is 0 Å². The fourth-order valence-corrected chi connectivity index (χ4v) is 2.08. The average Bonchev–Trinajstić information content (AvgIpc) is 2.65. The van der Waals surface area contributed by atoms with Crippen molar-refractivity contribution in [2.45, 2.75) is 27.7 Å². The van der Waals surface area contributed by atoms with Gasteiger partial charge in [0.15, 0.2) is 23.0 Å². The normalized spacial score (nSPS) is 10.5. The van der Waals surface area contributed by atoms with Gasteiger partial charge in [0, 0.05) is 6.92 Å². The summed E-state index contributed by atoms with van der Waals surface area (Å²) in [6.07, 6.45) is 1.73. The van der Waals surface area contributed by atoms with Crippen molar-refractivity contribution in [2.24, 2.45) is 0 Å². The van der Waals surface area contributed by atoms with Crippen molar-refractivity contribution >= 4 is 11.9 Å². The summed E-state index contributed by atoms with van der Waals surface area (Å²) in [5, 5.41) is 3.11. The molecule has 0 spiro atoms. The quantitative estimate of drug-likeness (QED) is 0.550. The lowest BCUT2D eigenvalue weighted by atomic mass is 10.2. The van der Waals surface area contributed by atoms with Crippen LogP contribution in [0.2, 0.25) is 0 Å². The first-order valence-electron chi connectivity index (χ1n) is 9.00. The largest absolute Gasteiger partial charge is 0.490 e. The summed E-state index contributed by atoms with van der Waals surface area (Å²) in [6.45, 7) is 10.3. The Morgan fingerprint density at radius 1 is 0.923 bits per heavy atom. The molecule has 0 bridgehead atoms. The molecule has 26 heavy (non-hydrogen) atoms. The monoisotopic (exact) mass is 355 g/mol. The number of carbonyl (C=O) groups is 1. The lowest BCUT2D eigenvalue weighted by Gasteiger charge is -2.12. The molecule has 1 N–H and O–H groups in total. The molecular formula is C22H29NO3. The molecule has 0 unspecified atom stereocenters. The van der Waals surface area contributed by atoms with Crippen molar-refractivity contribution in [3.63, 3.8) is 0 Å². The first-order valence-corrected chi connectivity index (χ1v) is 9.00. The number of nitrogens with one attached hydrogen (secondary N) is 1. The van der Waals surface area contributed by atoms with Crippen molar-refractivity contribution in [1.82, 2.24) is 5.32 Å². The van der Waals surface area contributed by atoms with Gasteiger partial charge in [0.2, 0.25) is 0 Å². The van der Waals surface area contributed by atoms with Gasteiger partial charge in [-0.25, -0.2) is 0 Å². The van der Waals surface area contributed by atoms with Crippen LogP contribution in [0.1, 0.15) is 33.3 Å². The molecule has 0 amide bonds. The Bertz CT molecular complexity index is 679. The summed E-state index contributed by atoms with van der Waals surface area (Å²) < 4.78 is 11.3. The molecule has 0 aromatic heterocycles. The maximum Gasteiger partial charge on any atom is 0.194 e. The van der Waals surface area contributed by atoms with Gasteiger partial charge in [-0.15, -0.1) is 0 Å². The van der Waals surface area contributed by atoms with Crippen molar-refractivity contribution in [1.29, 1.82) is 0 Å². The third kappa shape index (κ3) is 7.99. The molecule has 0 saturated heterocycles. The van der Waals surface area contributed by atoms with E-state index in [9.17, 15) is 4.79 Å². The molecular weight excluding hydrogens is 326 g/mol. The Kier molecular flexibility index (Phi) is 10.5. The zero-order chi connectivity index (χ0) is 19.2. The number of ketones is 1. The second-order valence-corrected chi connectivity index (χ2v) is 5.41. The van der Waals surface area contributed by atoms with Crippen LogP contribution in [-0.4, -0.2) is 25.5 Å². The van der Waals surface area contributed by atoms with E-state index in [1.807, 2.05) is 55.5 Å². The molecule has 0 fully saturated rings. The van der Waals surface area contributed by atoms with Gasteiger partial charge in [0.1, 0.15) is 0 Å². The highest BCUT2D eigenvalue weighted by Gasteiger charge is 2.11. The molecule has 140 valence electrons. The maximum absolute atomic E-state index is 11.8. The van der Waals surface area contributed by atoms with Gasteiger partial charge in [-0.3, -0.25) is 4.79 Å². The van der Waals surface area contributed by atoms with Gasteiger partial charge in [0.05, 0.1) is 6.61 Å². The van der Waals surface area contributed by atoms with E-state index in [0.717, 1.165) is 18.7 Å². The molecule has 2 aromatic rings. The van der Waals surface area contributed by atoms with Gasteiger partial charge in [-0.05, 0) is 43.8 Å². The van der Waals surface area contributed by atoms with Gasteiger partial charge in [-0.1, -0.05) is 56.3 Å². The summed E-state index contributed by atoms with van der Waals surface area (Å²) in [7, 11) is 0. The number of benzene rings is 2. The first kappa shape index (κ1) is 21.5. The molecule has 2 rings (SSSR count). The molecule has 0 aliphatic rings. The molecule has 2 aromatic carbocycles. The Hall–Kier alpha value is -2.59. The number of ether oxygens (including phenoxy) is 2. The summed E-state index contributed by atoms with van der Waals surface area (Å²) in [4.78, 5) is 11.8. The molecule has 4 nitrogen and oxygen atoms in total. The number of carbonyl (C=O) groups excluding carboxylic acids is 1. The van der Waals surface area contributed by atoms with Gasteiger partial charge in [0.25, 0.3) is 0 Å². The topological polar surface area (TPSA) is 47.6 Å². The predicted octanol–water partition coefficient (Wildman–Crippen LogP) is 4.71. The number of hydrogen-bond acceptors (Lipinski definition) is 4. The standard InChI is InChI=1S/C18H18O3.C4H11N/c1-3-20-16-11-7-8-12-17(16)21-18(14(2)19)13-15-9-5-4-6-10-15;1-3-5-4-2/h4-13H,3H2,1-2H3;5H,3-4H2,1-2H3. The van der Waals surface area contributed by atoms with Crippen molar-refractivity contribution in [2.75, 3.05) is 19.7 Å². The molecule has 0 heterocycles. The Morgan fingerprint density at radius 3 is 2.00 bits per heavy atom. The fraction of sp³-hybridized carbons (Fsp3) is 0.318. The predicted molar refractivity (Wildman–Crippen MR) is 108 cm³/mol. The lowest BCUT2D eigenvalue weighted by molar-refractivity contribution is -0.115. The van der Waals surface area contributed by atoms with Crippen LogP contribution in [0.5, 0.6) is 11.5 Å². The number of rotatable bonds is 8. The van der Waals surface area contributed by atoms with Crippen LogP contribution in [0.25, 0.3) is 6.08 Å². The molecule has 0 aliphatic heterocycles. The van der Waals surface area contributed by atoms with Gasteiger partial charge >= 0.3 is 0 Å². The van der Waals surface area contributed by atoms with Crippen LogP contribution >= 0.6 is 0 Å². The minimum absolute atomic E-state index is 0.134. The van der Waals surface area contributed by atoms with E-state index >= 15 is 0 Å². The van der Waals surface area contributed by atoms with E-state index in [0.29, 0.717) is 18.1 Å². The summed E-state index contributed by atoms with van der Waals surface area (Å²) in [6, 6.07) is 16.9. The van der Waals surface area contributed by atoms with E-state index in [1.54, 1.807) is 12.1 Å². The fourth-order valence-electron chi connectivity index (χ4n) is 2.08. The summed E-state index contributed by atoms with van der Waals surface area (Å²) in [5.74, 6) is 1.32. The zero-order valence-corrected chi connectivity index (χ0v) is 16.1. The smallest absolute Gasteiger partial charge is 0.194 e. The second kappa shape index (κ2) is 12.7. The summed E-state index contributed by atoms with van der Waals surface area (Å²) in [5.41, 5.74) is 0.914. The minimum Gasteiger partial charge on any atom is -0.490 e. The highest BCUT2D eigenvalue weighted by atomic mass is 16.5. The number of allylic oxidation sites excluding steroid dienone is 1. The van der Waals surface area contributed by atoms with E-state index in [1.165, 1.54) is 6.92 Å².